The molecule has 0 aromatic heterocycles. The highest BCUT2D eigenvalue weighted by molar-refractivity contribution is 9.10. The van der Waals surface area contributed by atoms with Gasteiger partial charge in [0.15, 0.2) is 5.75 Å². The average Bonchev–Trinajstić information content (AvgIpc) is 2.70. The zero-order valence-electron chi connectivity index (χ0n) is 15.4. The van der Waals surface area contributed by atoms with Crippen LogP contribution in [0.5, 0.6) is 17.2 Å². The van der Waals surface area contributed by atoms with Gasteiger partial charge in [-0.25, -0.2) is 4.79 Å². The third kappa shape index (κ3) is 5.50. The number of anilines is 1. The van der Waals surface area contributed by atoms with Gasteiger partial charge in [0, 0.05) is 11.0 Å². The molecule has 0 radical (unpaired) electrons. The minimum atomic E-state index is -0.293. The smallest absolute Gasteiger partial charge is 0.319 e. The number of hydrogen-bond acceptors (Lipinski definition) is 3. The van der Waals surface area contributed by atoms with Crippen molar-refractivity contribution in [2.45, 2.75) is 6.42 Å². The number of para-hydroxylation sites is 3. The van der Waals surface area contributed by atoms with Crippen LogP contribution in [0.1, 0.15) is 5.56 Å². The Bertz CT molecular complexity index is 932. The quantitative estimate of drug-likeness (QED) is 0.501. The van der Waals surface area contributed by atoms with Gasteiger partial charge in [-0.2, -0.15) is 0 Å². The fraction of sp³-hybridized carbons (Fsp3) is 0.136. The zero-order valence-corrected chi connectivity index (χ0v) is 17.0. The number of carbonyl (C=O) groups excluding carboxylic acids is 1. The van der Waals surface area contributed by atoms with E-state index < -0.39 is 0 Å². The van der Waals surface area contributed by atoms with Crippen molar-refractivity contribution in [3.05, 3.63) is 82.8 Å². The van der Waals surface area contributed by atoms with Crippen LogP contribution in [0.15, 0.2) is 77.3 Å². The lowest BCUT2D eigenvalue weighted by Crippen LogP contribution is -2.30. The van der Waals surface area contributed by atoms with Crippen LogP contribution in [-0.4, -0.2) is 19.7 Å². The fourth-order valence-corrected chi connectivity index (χ4v) is 3.10. The predicted octanol–water partition coefficient (Wildman–Crippen LogP) is 5.61. The average molecular weight is 441 g/mol. The molecule has 0 spiro atoms. The summed E-state index contributed by atoms with van der Waals surface area (Å²) in [4.78, 5) is 12.3. The molecule has 0 aliphatic rings. The van der Waals surface area contributed by atoms with E-state index in [4.69, 9.17) is 9.47 Å². The first kappa shape index (κ1) is 19.8. The molecule has 28 heavy (non-hydrogen) atoms. The molecule has 144 valence electrons. The molecular formula is C22H21BrN2O3. The minimum Gasteiger partial charge on any atom is -0.496 e. The summed E-state index contributed by atoms with van der Waals surface area (Å²) in [6.45, 7) is 0.473. The lowest BCUT2D eigenvalue weighted by Gasteiger charge is -2.13. The maximum Gasteiger partial charge on any atom is 0.319 e. The normalized spacial score (nSPS) is 10.2. The second-order valence-electron chi connectivity index (χ2n) is 6.00. The van der Waals surface area contributed by atoms with Gasteiger partial charge in [-0.15, -0.1) is 0 Å². The molecule has 0 saturated carbocycles. The van der Waals surface area contributed by atoms with Gasteiger partial charge < -0.3 is 20.1 Å². The summed E-state index contributed by atoms with van der Waals surface area (Å²) < 4.78 is 12.2. The second kappa shape index (κ2) is 9.80. The van der Waals surface area contributed by atoms with E-state index in [1.54, 1.807) is 13.2 Å². The van der Waals surface area contributed by atoms with Crippen LogP contribution in [0.2, 0.25) is 0 Å². The Morgan fingerprint density at radius 2 is 1.71 bits per heavy atom. The van der Waals surface area contributed by atoms with Crippen molar-refractivity contribution >= 4 is 27.6 Å². The number of rotatable bonds is 7. The number of hydrogen-bond donors (Lipinski definition) is 2. The van der Waals surface area contributed by atoms with Crippen LogP contribution in [-0.2, 0) is 6.42 Å². The number of ether oxygens (including phenoxy) is 2. The molecule has 0 bridgehead atoms. The SMILES string of the molecule is COc1ccc(Br)cc1CCNC(=O)Nc1ccccc1Oc1ccccc1. The van der Waals surface area contributed by atoms with Crippen molar-refractivity contribution in [1.82, 2.24) is 5.32 Å². The van der Waals surface area contributed by atoms with Crippen molar-refractivity contribution in [3.63, 3.8) is 0 Å². The number of methoxy groups -OCH3 is 1. The lowest BCUT2D eigenvalue weighted by molar-refractivity contribution is 0.252. The van der Waals surface area contributed by atoms with Gasteiger partial charge in [0.1, 0.15) is 11.5 Å². The summed E-state index contributed by atoms with van der Waals surface area (Å²) in [6.07, 6.45) is 0.651. The van der Waals surface area contributed by atoms with Crippen molar-refractivity contribution in [2.75, 3.05) is 19.0 Å². The Balaban J connectivity index is 1.58. The summed E-state index contributed by atoms with van der Waals surface area (Å²) >= 11 is 3.46. The molecule has 0 atom stereocenters. The van der Waals surface area contributed by atoms with Crippen LogP contribution >= 0.6 is 15.9 Å². The van der Waals surface area contributed by atoms with E-state index in [0.29, 0.717) is 30.2 Å². The Morgan fingerprint density at radius 3 is 2.50 bits per heavy atom. The number of carbonyl (C=O) groups is 1. The number of nitrogens with one attached hydrogen (secondary N) is 2. The van der Waals surface area contributed by atoms with E-state index in [0.717, 1.165) is 15.8 Å². The van der Waals surface area contributed by atoms with E-state index in [1.807, 2.05) is 66.7 Å². The third-order valence-electron chi connectivity index (χ3n) is 4.03. The van der Waals surface area contributed by atoms with Gasteiger partial charge >= 0.3 is 6.03 Å². The molecule has 0 saturated heterocycles. The molecule has 3 aromatic carbocycles. The number of halogens is 1. The van der Waals surface area contributed by atoms with Gasteiger partial charge in [-0.1, -0.05) is 46.3 Å². The number of urea groups is 1. The standard InChI is InChI=1S/C22H21BrN2O3/c1-27-20-12-11-17(23)15-16(20)13-14-24-22(26)25-19-9-5-6-10-21(19)28-18-7-3-2-4-8-18/h2-12,15H,13-14H2,1H3,(H2,24,25,26). The van der Waals surface area contributed by atoms with Crippen molar-refractivity contribution < 1.29 is 14.3 Å². The highest BCUT2D eigenvalue weighted by Gasteiger charge is 2.09. The molecule has 2 N–H and O–H groups in total. The topological polar surface area (TPSA) is 59.6 Å². The van der Waals surface area contributed by atoms with Gasteiger partial charge in [-0.3, -0.25) is 0 Å². The molecule has 2 amide bonds. The van der Waals surface area contributed by atoms with E-state index in [1.165, 1.54) is 0 Å². The molecule has 0 aliphatic heterocycles. The first-order chi connectivity index (χ1) is 13.7. The van der Waals surface area contributed by atoms with Gasteiger partial charge in [0.2, 0.25) is 0 Å². The highest BCUT2D eigenvalue weighted by Crippen LogP contribution is 2.29. The van der Waals surface area contributed by atoms with E-state index in [9.17, 15) is 4.79 Å². The van der Waals surface area contributed by atoms with Crippen LogP contribution < -0.4 is 20.1 Å². The van der Waals surface area contributed by atoms with E-state index in [2.05, 4.69) is 26.6 Å². The summed E-state index contributed by atoms with van der Waals surface area (Å²) in [5, 5.41) is 5.71. The van der Waals surface area contributed by atoms with E-state index >= 15 is 0 Å². The van der Waals surface area contributed by atoms with Gasteiger partial charge in [-0.05, 0) is 54.4 Å². The van der Waals surface area contributed by atoms with Crippen LogP contribution in [0.4, 0.5) is 10.5 Å². The Labute approximate surface area is 172 Å². The molecule has 0 fully saturated rings. The second-order valence-corrected chi connectivity index (χ2v) is 6.91. The van der Waals surface area contributed by atoms with Crippen molar-refractivity contribution in [3.8, 4) is 17.2 Å². The van der Waals surface area contributed by atoms with Crippen molar-refractivity contribution in [2.24, 2.45) is 0 Å². The minimum absolute atomic E-state index is 0.293. The first-order valence-corrected chi connectivity index (χ1v) is 9.64. The van der Waals surface area contributed by atoms with Crippen LogP contribution in [0.25, 0.3) is 0 Å². The Morgan fingerprint density at radius 1 is 0.964 bits per heavy atom. The maximum atomic E-state index is 12.3. The largest absolute Gasteiger partial charge is 0.496 e. The summed E-state index contributed by atoms with van der Waals surface area (Å²) in [5.41, 5.74) is 1.62. The Kier molecular flexibility index (Phi) is 6.92. The molecule has 3 rings (SSSR count). The number of benzene rings is 3. The Hall–Kier alpha value is -2.99. The fourth-order valence-electron chi connectivity index (χ4n) is 2.69. The molecule has 5 nitrogen and oxygen atoms in total. The van der Waals surface area contributed by atoms with Crippen molar-refractivity contribution in [1.29, 1.82) is 0 Å². The molecule has 6 heteroatoms. The molecule has 0 unspecified atom stereocenters. The number of amides is 2. The van der Waals surface area contributed by atoms with Crippen LogP contribution in [0.3, 0.4) is 0 Å². The highest BCUT2D eigenvalue weighted by atomic mass is 79.9. The summed E-state index contributed by atoms with van der Waals surface area (Å²) in [7, 11) is 1.64. The zero-order chi connectivity index (χ0) is 19.8. The summed E-state index contributed by atoms with van der Waals surface area (Å²) in [6, 6.07) is 22.3. The monoisotopic (exact) mass is 440 g/mol. The van der Waals surface area contributed by atoms with Gasteiger partial charge in [0.05, 0.1) is 12.8 Å². The van der Waals surface area contributed by atoms with Gasteiger partial charge in [0.25, 0.3) is 0 Å². The molecule has 0 heterocycles. The third-order valence-corrected chi connectivity index (χ3v) is 4.52. The molecule has 0 aliphatic carbocycles. The van der Waals surface area contributed by atoms with Crippen LogP contribution in [0, 0.1) is 0 Å². The summed E-state index contributed by atoms with van der Waals surface area (Å²) in [5.74, 6) is 2.09. The maximum absolute atomic E-state index is 12.3. The first-order valence-electron chi connectivity index (χ1n) is 8.85. The molecule has 3 aromatic rings. The predicted molar refractivity (Wildman–Crippen MR) is 114 cm³/mol. The lowest BCUT2D eigenvalue weighted by atomic mass is 10.1. The molecular weight excluding hydrogens is 420 g/mol. The van der Waals surface area contributed by atoms with E-state index in [-0.39, 0.29) is 6.03 Å².